The lowest BCUT2D eigenvalue weighted by Crippen LogP contribution is -2.16. The van der Waals surface area contributed by atoms with Gasteiger partial charge in [-0.05, 0) is 25.8 Å². The van der Waals surface area contributed by atoms with Crippen LogP contribution in [0.15, 0.2) is 18.2 Å². The molecule has 1 aliphatic rings. The van der Waals surface area contributed by atoms with Crippen molar-refractivity contribution in [1.29, 1.82) is 0 Å². The molecule has 1 fully saturated rings. The van der Waals surface area contributed by atoms with Crippen LogP contribution in [0, 0.1) is 10.1 Å². The molecule has 0 bridgehead atoms. The number of aromatic amines is 1. The van der Waals surface area contributed by atoms with E-state index in [1.165, 1.54) is 12.1 Å². The molecule has 6 nitrogen and oxygen atoms in total. The second kappa shape index (κ2) is 3.19. The van der Waals surface area contributed by atoms with Crippen molar-refractivity contribution in [3.8, 4) is 0 Å². The van der Waals surface area contributed by atoms with Crippen molar-refractivity contribution in [1.82, 2.24) is 9.97 Å². The summed E-state index contributed by atoms with van der Waals surface area (Å²) in [6.45, 7) is 2.13. The van der Waals surface area contributed by atoms with Gasteiger partial charge in [-0.25, -0.2) is 4.98 Å². The molecule has 0 unspecified atom stereocenters. The zero-order valence-electron chi connectivity index (χ0n) is 9.36. The summed E-state index contributed by atoms with van der Waals surface area (Å²) in [4.78, 5) is 17.6. The van der Waals surface area contributed by atoms with Crippen LogP contribution >= 0.6 is 0 Å². The predicted molar refractivity (Wildman–Crippen MR) is 64.0 cm³/mol. The molecule has 1 aromatic heterocycles. The molecule has 0 atom stereocenters. The zero-order chi connectivity index (χ0) is 12.0. The molecule has 1 heterocycles. The minimum absolute atomic E-state index is 0.0744. The van der Waals surface area contributed by atoms with Crippen LogP contribution in [0.5, 0.6) is 0 Å². The third kappa shape index (κ3) is 1.82. The molecule has 0 radical (unpaired) electrons. The van der Waals surface area contributed by atoms with E-state index in [0.717, 1.165) is 18.4 Å². The zero-order valence-corrected chi connectivity index (χ0v) is 9.36. The van der Waals surface area contributed by atoms with Gasteiger partial charge in [0.15, 0.2) is 0 Å². The van der Waals surface area contributed by atoms with Gasteiger partial charge >= 0.3 is 0 Å². The first kappa shape index (κ1) is 10.1. The molecule has 1 saturated carbocycles. The van der Waals surface area contributed by atoms with Crippen molar-refractivity contribution < 1.29 is 4.92 Å². The summed E-state index contributed by atoms with van der Waals surface area (Å²) >= 11 is 0. The van der Waals surface area contributed by atoms with E-state index in [-0.39, 0.29) is 11.2 Å². The van der Waals surface area contributed by atoms with Crippen LogP contribution in [-0.4, -0.2) is 20.4 Å². The summed E-state index contributed by atoms with van der Waals surface area (Å²) in [6.07, 6.45) is 2.26. The Morgan fingerprint density at radius 1 is 1.53 bits per heavy atom. The molecule has 2 N–H and O–H groups in total. The third-order valence-electron chi connectivity index (χ3n) is 3.10. The standard InChI is InChI=1S/C11H12N4O2/c1-11(4-5-11)14-10-12-8-3-2-7(15(16)17)6-9(8)13-10/h2-3,6H,4-5H2,1H3,(H2,12,13,14). The highest BCUT2D eigenvalue weighted by atomic mass is 16.6. The topological polar surface area (TPSA) is 83.8 Å². The van der Waals surface area contributed by atoms with Gasteiger partial charge in [0, 0.05) is 17.7 Å². The summed E-state index contributed by atoms with van der Waals surface area (Å²) in [6, 6.07) is 4.62. The number of fused-ring (bicyclic) bond motifs is 1. The first-order valence-corrected chi connectivity index (χ1v) is 5.48. The Kier molecular flexibility index (Phi) is 1.89. The van der Waals surface area contributed by atoms with Gasteiger partial charge in [0.1, 0.15) is 0 Å². The van der Waals surface area contributed by atoms with E-state index in [4.69, 9.17) is 0 Å². The molecular formula is C11H12N4O2. The Balaban J connectivity index is 1.97. The molecule has 3 rings (SSSR count). The van der Waals surface area contributed by atoms with Crippen LogP contribution in [0.3, 0.4) is 0 Å². The van der Waals surface area contributed by atoms with E-state index in [1.807, 2.05) is 0 Å². The number of imidazole rings is 1. The second-order valence-corrected chi connectivity index (χ2v) is 4.73. The smallest absolute Gasteiger partial charge is 0.271 e. The average Bonchev–Trinajstić information content (AvgIpc) is 2.86. The van der Waals surface area contributed by atoms with E-state index in [2.05, 4.69) is 22.2 Å². The Morgan fingerprint density at radius 3 is 2.94 bits per heavy atom. The summed E-state index contributed by atoms with van der Waals surface area (Å²) in [5, 5.41) is 13.9. The van der Waals surface area contributed by atoms with Crippen molar-refractivity contribution in [3.63, 3.8) is 0 Å². The molecule has 0 spiro atoms. The highest BCUT2D eigenvalue weighted by Gasteiger charge is 2.37. The average molecular weight is 232 g/mol. The van der Waals surface area contributed by atoms with Crippen molar-refractivity contribution in [2.45, 2.75) is 25.3 Å². The second-order valence-electron chi connectivity index (χ2n) is 4.73. The predicted octanol–water partition coefficient (Wildman–Crippen LogP) is 2.44. The van der Waals surface area contributed by atoms with Gasteiger partial charge in [-0.2, -0.15) is 0 Å². The number of benzene rings is 1. The van der Waals surface area contributed by atoms with Gasteiger partial charge in [0.2, 0.25) is 5.95 Å². The Morgan fingerprint density at radius 2 is 2.29 bits per heavy atom. The number of nitro groups is 1. The number of non-ortho nitro benzene ring substituents is 1. The van der Waals surface area contributed by atoms with Crippen molar-refractivity contribution in [2.24, 2.45) is 0 Å². The van der Waals surface area contributed by atoms with E-state index >= 15 is 0 Å². The number of nitro benzene ring substituents is 1. The molecule has 1 aliphatic carbocycles. The minimum Gasteiger partial charge on any atom is -0.351 e. The fourth-order valence-electron chi connectivity index (χ4n) is 1.77. The normalized spacial score (nSPS) is 17.0. The van der Waals surface area contributed by atoms with Crippen molar-refractivity contribution in [2.75, 3.05) is 5.32 Å². The molecule has 1 aromatic carbocycles. The van der Waals surface area contributed by atoms with Crippen LogP contribution in [0.1, 0.15) is 19.8 Å². The fraction of sp³-hybridized carbons (Fsp3) is 0.364. The van der Waals surface area contributed by atoms with E-state index in [1.54, 1.807) is 6.07 Å². The molecule has 0 saturated heterocycles. The molecule has 0 amide bonds. The number of H-pyrrole nitrogens is 1. The van der Waals surface area contributed by atoms with E-state index in [0.29, 0.717) is 11.5 Å². The van der Waals surface area contributed by atoms with Crippen LogP contribution in [-0.2, 0) is 0 Å². The molecule has 2 aromatic rings. The maximum atomic E-state index is 10.6. The fourth-order valence-corrected chi connectivity index (χ4v) is 1.77. The first-order valence-electron chi connectivity index (χ1n) is 5.48. The Bertz CT molecular complexity index is 601. The summed E-state index contributed by atoms with van der Waals surface area (Å²) in [5.41, 5.74) is 1.64. The number of nitrogens with zero attached hydrogens (tertiary/aromatic N) is 2. The summed E-state index contributed by atoms with van der Waals surface area (Å²) in [7, 11) is 0. The SMILES string of the molecule is CC1(Nc2nc3ccc([N+](=O)[O-])cc3[nH]2)CC1. The van der Waals surface area contributed by atoms with Crippen LogP contribution in [0.4, 0.5) is 11.6 Å². The van der Waals surface area contributed by atoms with Gasteiger partial charge in [-0.3, -0.25) is 10.1 Å². The monoisotopic (exact) mass is 232 g/mol. The lowest BCUT2D eigenvalue weighted by atomic mass is 10.3. The Labute approximate surface area is 97.2 Å². The number of nitrogens with one attached hydrogen (secondary N) is 2. The van der Waals surface area contributed by atoms with E-state index < -0.39 is 4.92 Å². The highest BCUT2D eigenvalue weighted by molar-refractivity contribution is 5.80. The Hall–Kier alpha value is -2.11. The summed E-state index contributed by atoms with van der Waals surface area (Å²) < 4.78 is 0. The van der Waals surface area contributed by atoms with Crippen molar-refractivity contribution in [3.05, 3.63) is 28.3 Å². The van der Waals surface area contributed by atoms with E-state index in [9.17, 15) is 10.1 Å². The number of rotatable bonds is 3. The highest BCUT2D eigenvalue weighted by Crippen LogP contribution is 2.37. The van der Waals surface area contributed by atoms with Gasteiger partial charge in [0.05, 0.1) is 16.0 Å². The largest absolute Gasteiger partial charge is 0.351 e. The maximum absolute atomic E-state index is 10.6. The molecular weight excluding hydrogens is 220 g/mol. The number of anilines is 1. The van der Waals surface area contributed by atoms with Gasteiger partial charge < -0.3 is 10.3 Å². The van der Waals surface area contributed by atoms with Crippen molar-refractivity contribution >= 4 is 22.7 Å². The van der Waals surface area contributed by atoms with Gasteiger partial charge in [-0.1, -0.05) is 0 Å². The first-order chi connectivity index (χ1) is 8.06. The number of hydrogen-bond acceptors (Lipinski definition) is 4. The van der Waals surface area contributed by atoms with Crippen LogP contribution in [0.2, 0.25) is 0 Å². The molecule has 6 heteroatoms. The quantitative estimate of drug-likeness (QED) is 0.628. The minimum atomic E-state index is -0.407. The lowest BCUT2D eigenvalue weighted by molar-refractivity contribution is -0.384. The molecule has 17 heavy (non-hydrogen) atoms. The number of aromatic nitrogens is 2. The summed E-state index contributed by atoms with van der Waals surface area (Å²) in [5.74, 6) is 0.681. The van der Waals surface area contributed by atoms with Gasteiger partial charge in [-0.15, -0.1) is 0 Å². The molecule has 88 valence electrons. The maximum Gasteiger partial charge on any atom is 0.271 e. The van der Waals surface area contributed by atoms with Gasteiger partial charge in [0.25, 0.3) is 5.69 Å². The number of hydrogen-bond donors (Lipinski definition) is 2. The molecule has 0 aliphatic heterocycles. The third-order valence-corrected chi connectivity index (χ3v) is 3.10. The lowest BCUT2D eigenvalue weighted by Gasteiger charge is -2.08. The van der Waals surface area contributed by atoms with Crippen LogP contribution < -0.4 is 5.32 Å². The van der Waals surface area contributed by atoms with Crippen LogP contribution in [0.25, 0.3) is 11.0 Å².